The van der Waals surface area contributed by atoms with E-state index in [1.807, 2.05) is 0 Å². The van der Waals surface area contributed by atoms with Crippen LogP contribution in [-0.4, -0.2) is 16.5 Å². The third-order valence-corrected chi connectivity index (χ3v) is 4.00. The number of anilines is 3. The first kappa shape index (κ1) is 16.4. The molecule has 0 unspecified atom stereocenters. The third kappa shape index (κ3) is 4.50. The van der Waals surface area contributed by atoms with Gasteiger partial charge >= 0.3 is 0 Å². The molecular weight excluding hydrogens is 310 g/mol. The van der Waals surface area contributed by atoms with Crippen LogP contribution >= 0.6 is 0 Å². The van der Waals surface area contributed by atoms with Gasteiger partial charge in [-0.15, -0.1) is 0 Å². The van der Waals surface area contributed by atoms with Crippen molar-refractivity contribution in [3.8, 4) is 0 Å². The normalized spacial score (nSPS) is 14.2. The zero-order chi connectivity index (χ0) is 16.8. The van der Waals surface area contributed by atoms with Crippen molar-refractivity contribution in [1.29, 1.82) is 0 Å². The zero-order valence-corrected chi connectivity index (χ0v) is 13.4. The molecule has 0 amide bonds. The molecule has 1 aliphatic rings. The number of benzene rings is 1. The predicted octanol–water partition coefficient (Wildman–Crippen LogP) is 4.80. The van der Waals surface area contributed by atoms with Gasteiger partial charge < -0.3 is 10.6 Å². The van der Waals surface area contributed by atoms with Crippen LogP contribution in [0.3, 0.4) is 0 Å². The van der Waals surface area contributed by atoms with Crippen molar-refractivity contribution in [3.05, 3.63) is 53.9 Å². The topological polar surface area (TPSA) is 49.8 Å². The van der Waals surface area contributed by atoms with Crippen LogP contribution in [0.25, 0.3) is 0 Å². The second kappa shape index (κ2) is 7.86. The quantitative estimate of drug-likeness (QED) is 0.747. The smallest absolute Gasteiger partial charge is 0.160 e. The summed E-state index contributed by atoms with van der Waals surface area (Å²) in [5.74, 6) is -0.544. The van der Waals surface area contributed by atoms with Gasteiger partial charge in [-0.3, -0.25) is 0 Å². The van der Waals surface area contributed by atoms with E-state index in [-0.39, 0.29) is 0 Å². The van der Waals surface area contributed by atoms with E-state index in [0.717, 1.165) is 25.1 Å². The van der Waals surface area contributed by atoms with Gasteiger partial charge in [-0.25, -0.2) is 18.7 Å². The Bertz CT molecular complexity index is 731. The lowest BCUT2D eigenvalue weighted by molar-refractivity contribution is 0.509. The summed E-state index contributed by atoms with van der Waals surface area (Å²) < 4.78 is 26.2. The number of nitrogens with one attached hydrogen (secondary N) is 2. The Kier molecular flexibility index (Phi) is 5.36. The van der Waals surface area contributed by atoms with Gasteiger partial charge in [-0.05, 0) is 44.2 Å². The molecule has 0 radical (unpaired) electrons. The number of halogens is 2. The minimum Gasteiger partial charge on any atom is -0.370 e. The molecule has 0 spiro atoms. The van der Waals surface area contributed by atoms with Crippen LogP contribution in [-0.2, 0) is 0 Å². The van der Waals surface area contributed by atoms with Crippen LogP contribution in [0.2, 0.25) is 0 Å². The Hall–Kier alpha value is -2.50. The van der Waals surface area contributed by atoms with Gasteiger partial charge in [-0.2, -0.15) is 0 Å². The molecule has 126 valence electrons. The third-order valence-electron chi connectivity index (χ3n) is 4.00. The molecule has 0 atom stereocenters. The molecule has 2 aromatic rings. The summed E-state index contributed by atoms with van der Waals surface area (Å²) in [6.45, 7) is 0.813. The summed E-state index contributed by atoms with van der Waals surface area (Å²) >= 11 is 0. The summed E-state index contributed by atoms with van der Waals surface area (Å²) in [5, 5.41) is 6.22. The van der Waals surface area contributed by atoms with Crippen molar-refractivity contribution in [1.82, 2.24) is 9.97 Å². The molecule has 1 aliphatic carbocycles. The van der Waals surface area contributed by atoms with E-state index in [4.69, 9.17) is 0 Å². The summed E-state index contributed by atoms with van der Waals surface area (Å²) in [4.78, 5) is 8.27. The maximum atomic E-state index is 13.2. The first-order valence-electron chi connectivity index (χ1n) is 8.16. The van der Waals surface area contributed by atoms with Gasteiger partial charge in [0, 0.05) is 24.4 Å². The monoisotopic (exact) mass is 330 g/mol. The molecule has 0 aliphatic heterocycles. The minimum atomic E-state index is -0.895. The Morgan fingerprint density at radius 3 is 2.67 bits per heavy atom. The Morgan fingerprint density at radius 2 is 1.88 bits per heavy atom. The van der Waals surface area contributed by atoms with Crippen LogP contribution in [0, 0.1) is 11.6 Å². The predicted molar refractivity (Wildman–Crippen MR) is 91.3 cm³/mol. The highest BCUT2D eigenvalue weighted by Crippen LogP contribution is 2.21. The number of allylic oxidation sites excluding steroid dienone is 1. The van der Waals surface area contributed by atoms with Gasteiger partial charge in [0.2, 0.25) is 0 Å². The lowest BCUT2D eigenvalue weighted by Gasteiger charge is -2.13. The van der Waals surface area contributed by atoms with Crippen LogP contribution in [0.4, 0.5) is 26.1 Å². The fourth-order valence-electron chi connectivity index (χ4n) is 2.73. The maximum absolute atomic E-state index is 13.2. The molecular formula is C18H20F2N4. The first-order valence-corrected chi connectivity index (χ1v) is 8.16. The van der Waals surface area contributed by atoms with Gasteiger partial charge in [0.25, 0.3) is 0 Å². The van der Waals surface area contributed by atoms with Gasteiger partial charge in [0.15, 0.2) is 11.6 Å². The zero-order valence-electron chi connectivity index (χ0n) is 13.4. The molecule has 1 aromatic carbocycles. The largest absolute Gasteiger partial charge is 0.370 e. The van der Waals surface area contributed by atoms with E-state index >= 15 is 0 Å². The Balaban J connectivity index is 1.57. The van der Waals surface area contributed by atoms with Crippen LogP contribution in [0.1, 0.15) is 32.1 Å². The SMILES string of the molecule is Fc1ccc(Nc2cc(NCCC3=CCCCC3)ncn2)cc1F. The molecule has 3 rings (SSSR count). The molecule has 0 fully saturated rings. The number of aromatic nitrogens is 2. The molecule has 0 saturated carbocycles. The van der Waals surface area contributed by atoms with Gasteiger partial charge in [-0.1, -0.05) is 11.6 Å². The lowest BCUT2D eigenvalue weighted by atomic mass is 9.97. The molecule has 6 heteroatoms. The van der Waals surface area contributed by atoms with Crippen molar-refractivity contribution in [2.75, 3.05) is 17.2 Å². The average Bonchev–Trinajstić information content (AvgIpc) is 2.60. The summed E-state index contributed by atoms with van der Waals surface area (Å²) in [5.41, 5.74) is 1.94. The van der Waals surface area contributed by atoms with Crippen molar-refractivity contribution in [2.45, 2.75) is 32.1 Å². The van der Waals surface area contributed by atoms with E-state index in [1.165, 1.54) is 43.7 Å². The van der Waals surface area contributed by atoms with E-state index < -0.39 is 11.6 Å². The highest BCUT2D eigenvalue weighted by molar-refractivity contribution is 5.58. The van der Waals surface area contributed by atoms with Crippen molar-refractivity contribution in [2.24, 2.45) is 0 Å². The molecule has 4 nitrogen and oxygen atoms in total. The average molecular weight is 330 g/mol. The fraction of sp³-hybridized carbons (Fsp3) is 0.333. The van der Waals surface area contributed by atoms with Crippen molar-refractivity contribution in [3.63, 3.8) is 0 Å². The Labute approximate surface area is 140 Å². The van der Waals surface area contributed by atoms with Crippen LogP contribution in [0.5, 0.6) is 0 Å². The summed E-state index contributed by atoms with van der Waals surface area (Å²) in [6, 6.07) is 5.38. The number of hydrogen-bond acceptors (Lipinski definition) is 4. The lowest BCUT2D eigenvalue weighted by Crippen LogP contribution is -2.06. The molecule has 1 aromatic heterocycles. The second-order valence-corrected chi connectivity index (χ2v) is 5.83. The Morgan fingerprint density at radius 1 is 1.00 bits per heavy atom. The van der Waals surface area contributed by atoms with Crippen molar-refractivity contribution < 1.29 is 8.78 Å². The van der Waals surface area contributed by atoms with Gasteiger partial charge in [0.1, 0.15) is 18.0 Å². The summed E-state index contributed by atoms with van der Waals surface area (Å²) in [7, 11) is 0. The molecule has 24 heavy (non-hydrogen) atoms. The highest BCUT2D eigenvalue weighted by atomic mass is 19.2. The maximum Gasteiger partial charge on any atom is 0.160 e. The van der Waals surface area contributed by atoms with E-state index in [2.05, 4.69) is 26.7 Å². The minimum absolute atomic E-state index is 0.436. The molecule has 0 bridgehead atoms. The number of rotatable bonds is 6. The van der Waals surface area contributed by atoms with E-state index in [0.29, 0.717) is 17.3 Å². The standard InChI is InChI=1S/C18H20F2N4/c19-15-7-6-14(10-16(15)20)24-18-11-17(22-12-23-18)21-9-8-13-4-2-1-3-5-13/h4,6-7,10-12H,1-3,5,8-9H2,(H2,21,22,23,24). The first-order chi connectivity index (χ1) is 11.7. The number of hydrogen-bond donors (Lipinski definition) is 2. The molecule has 2 N–H and O–H groups in total. The van der Waals surface area contributed by atoms with Gasteiger partial charge in [0.05, 0.1) is 0 Å². The number of nitrogens with zero attached hydrogens (tertiary/aromatic N) is 2. The highest BCUT2D eigenvalue weighted by Gasteiger charge is 2.06. The van der Waals surface area contributed by atoms with E-state index in [9.17, 15) is 8.78 Å². The second-order valence-electron chi connectivity index (χ2n) is 5.83. The molecule has 1 heterocycles. The van der Waals surface area contributed by atoms with Crippen LogP contribution in [0.15, 0.2) is 42.2 Å². The van der Waals surface area contributed by atoms with E-state index in [1.54, 1.807) is 6.07 Å². The van der Waals surface area contributed by atoms with Crippen LogP contribution < -0.4 is 10.6 Å². The fourth-order valence-corrected chi connectivity index (χ4v) is 2.73. The summed E-state index contributed by atoms with van der Waals surface area (Å²) in [6.07, 6.45) is 9.73. The molecule has 0 saturated heterocycles. The van der Waals surface area contributed by atoms with Crippen molar-refractivity contribution >= 4 is 17.3 Å².